The number of rotatable bonds is 1. The van der Waals surface area contributed by atoms with Crippen LogP contribution < -0.4 is 4.62 Å². The molecule has 1 aromatic rings. The first kappa shape index (κ1) is 10.1. The molecule has 0 spiro atoms. The van der Waals surface area contributed by atoms with Gasteiger partial charge in [-0.1, -0.05) is 11.6 Å². The van der Waals surface area contributed by atoms with Crippen LogP contribution in [-0.2, 0) is 0 Å². The highest BCUT2D eigenvalue weighted by Gasteiger charge is 2.16. The summed E-state index contributed by atoms with van der Waals surface area (Å²) in [6.45, 7) is 2.23. The van der Waals surface area contributed by atoms with Crippen LogP contribution in [0.1, 0.15) is 44.3 Å². The first-order valence-corrected chi connectivity index (χ1v) is 5.84. The molecule has 0 aromatic carbocycles. The lowest BCUT2D eigenvalue weighted by Gasteiger charge is -2.10. The molecule has 0 aliphatic heterocycles. The van der Waals surface area contributed by atoms with Gasteiger partial charge in [0.1, 0.15) is 5.76 Å². The van der Waals surface area contributed by atoms with Crippen LogP contribution in [0, 0.1) is 0 Å². The van der Waals surface area contributed by atoms with Gasteiger partial charge in [0.25, 0.3) is 0 Å². The SMILES string of the molecule is CC1=CCCC(c2cc[c]([Al])o2)CC1. The standard InChI is InChI=1S/C12H15O.Al/c1-10-4-2-5-11(8-7-10)12-6-3-9-13-12;/h3-4,6,11H,2,5,7-8H2,1H3;. The van der Waals surface area contributed by atoms with Crippen LogP contribution in [0.2, 0.25) is 0 Å². The average molecular weight is 202 g/mol. The number of furan rings is 1. The normalized spacial score (nSPS) is 22.9. The zero-order valence-corrected chi connectivity index (χ0v) is 9.78. The van der Waals surface area contributed by atoms with Gasteiger partial charge in [0, 0.05) is 5.92 Å². The largest absolute Gasteiger partial charge is 0.487 e. The molecule has 1 heterocycles. The van der Waals surface area contributed by atoms with E-state index >= 15 is 0 Å². The Morgan fingerprint density at radius 1 is 1.36 bits per heavy atom. The zero-order valence-electron chi connectivity index (χ0n) is 8.62. The van der Waals surface area contributed by atoms with E-state index < -0.39 is 0 Å². The summed E-state index contributed by atoms with van der Waals surface area (Å²) in [5.74, 6) is 1.79. The van der Waals surface area contributed by atoms with E-state index in [9.17, 15) is 0 Å². The number of allylic oxidation sites excluding steroid dienone is 2. The fourth-order valence-electron chi connectivity index (χ4n) is 2.05. The molecule has 0 saturated heterocycles. The van der Waals surface area contributed by atoms with Gasteiger partial charge in [-0.05, 0) is 49.4 Å². The minimum atomic E-state index is 0.623. The highest BCUT2D eigenvalue weighted by Crippen LogP contribution is 2.30. The van der Waals surface area contributed by atoms with E-state index in [0.29, 0.717) is 5.92 Å². The van der Waals surface area contributed by atoms with Crippen molar-refractivity contribution in [3.05, 3.63) is 29.5 Å². The molecule has 1 nitrogen and oxygen atoms in total. The van der Waals surface area contributed by atoms with Gasteiger partial charge in [-0.15, -0.1) is 0 Å². The molecule has 0 amide bonds. The van der Waals surface area contributed by atoms with Gasteiger partial charge in [0.15, 0.2) is 0 Å². The van der Waals surface area contributed by atoms with Crippen molar-refractivity contribution in [3.63, 3.8) is 0 Å². The molecule has 1 atom stereocenters. The molecular weight excluding hydrogens is 187 g/mol. The van der Waals surface area contributed by atoms with E-state index in [1.54, 1.807) is 0 Å². The van der Waals surface area contributed by atoms with Crippen LogP contribution in [0.4, 0.5) is 0 Å². The molecule has 1 unspecified atom stereocenters. The third-order valence-electron chi connectivity index (χ3n) is 2.95. The van der Waals surface area contributed by atoms with Crippen molar-refractivity contribution in [3.8, 4) is 0 Å². The van der Waals surface area contributed by atoms with E-state index in [2.05, 4.69) is 35.4 Å². The highest BCUT2D eigenvalue weighted by atomic mass is 27.0. The topological polar surface area (TPSA) is 13.1 Å². The first-order chi connectivity index (χ1) is 6.75. The van der Waals surface area contributed by atoms with Gasteiger partial charge >= 0.3 is 0 Å². The maximum atomic E-state index is 5.65. The van der Waals surface area contributed by atoms with Crippen molar-refractivity contribution in [2.24, 2.45) is 0 Å². The molecule has 2 heteroatoms. The Balaban J connectivity index is 2.06. The molecule has 2 radical (unpaired) electrons. The van der Waals surface area contributed by atoms with Gasteiger partial charge < -0.3 is 4.42 Å². The Kier molecular flexibility index (Phi) is 3.16. The molecule has 0 saturated carbocycles. The molecule has 0 bridgehead atoms. The number of hydrogen-bond acceptors (Lipinski definition) is 1. The van der Waals surface area contributed by atoms with Crippen molar-refractivity contribution in [1.82, 2.24) is 0 Å². The second-order valence-corrected chi connectivity index (χ2v) is 4.67. The molecule has 1 aromatic heterocycles. The Morgan fingerprint density at radius 2 is 2.21 bits per heavy atom. The van der Waals surface area contributed by atoms with Crippen molar-refractivity contribution < 1.29 is 4.42 Å². The lowest BCUT2D eigenvalue weighted by atomic mass is 9.97. The van der Waals surface area contributed by atoms with Gasteiger partial charge in [-0.3, -0.25) is 0 Å². The molecule has 0 fully saturated rings. The molecule has 14 heavy (non-hydrogen) atoms. The van der Waals surface area contributed by atoms with Gasteiger partial charge in [0.05, 0.1) is 0 Å². The maximum Gasteiger partial charge on any atom is 0.241 e. The molecular formula is C12H15AlO. The third kappa shape index (κ3) is 2.32. The zero-order chi connectivity index (χ0) is 9.97. The molecule has 72 valence electrons. The maximum absolute atomic E-state index is 5.65. The highest BCUT2D eigenvalue weighted by molar-refractivity contribution is 6.29. The summed E-state index contributed by atoms with van der Waals surface area (Å²) in [7, 11) is 0. The van der Waals surface area contributed by atoms with Crippen LogP contribution >= 0.6 is 0 Å². The summed E-state index contributed by atoms with van der Waals surface area (Å²) in [5.41, 5.74) is 1.53. The number of hydrogen-bond donors (Lipinski definition) is 0. The lowest BCUT2D eigenvalue weighted by Crippen LogP contribution is -1.98. The summed E-state index contributed by atoms with van der Waals surface area (Å²) in [6.07, 6.45) is 7.25. The monoisotopic (exact) mass is 202 g/mol. The van der Waals surface area contributed by atoms with E-state index in [1.807, 2.05) is 6.07 Å². The van der Waals surface area contributed by atoms with Crippen LogP contribution in [0.5, 0.6) is 0 Å². The Bertz CT molecular complexity index is 338. The van der Waals surface area contributed by atoms with Gasteiger partial charge in [0.2, 0.25) is 16.3 Å². The summed E-state index contributed by atoms with van der Waals surface area (Å²) in [6, 6.07) is 4.15. The first-order valence-electron chi connectivity index (χ1n) is 5.26. The summed E-state index contributed by atoms with van der Waals surface area (Å²) in [4.78, 5) is 0. The second kappa shape index (κ2) is 4.38. The van der Waals surface area contributed by atoms with E-state index in [-0.39, 0.29) is 0 Å². The summed E-state index contributed by atoms with van der Waals surface area (Å²) < 4.78 is 6.61. The van der Waals surface area contributed by atoms with E-state index in [0.717, 1.165) is 10.4 Å². The minimum Gasteiger partial charge on any atom is -0.487 e. The van der Waals surface area contributed by atoms with Crippen molar-refractivity contribution in [2.75, 3.05) is 0 Å². The lowest BCUT2D eigenvalue weighted by molar-refractivity contribution is 0.453. The molecule has 0 N–H and O–H groups in total. The van der Waals surface area contributed by atoms with Crippen molar-refractivity contribution in [2.45, 2.75) is 38.5 Å². The fourth-order valence-corrected chi connectivity index (χ4v) is 2.28. The quantitative estimate of drug-likeness (QED) is 0.504. The third-order valence-corrected chi connectivity index (χ3v) is 3.26. The average Bonchev–Trinajstić information content (AvgIpc) is 2.46. The predicted molar refractivity (Wildman–Crippen MR) is 59.1 cm³/mol. The molecule has 1 aliphatic rings. The predicted octanol–water partition coefficient (Wildman–Crippen LogP) is 2.68. The second-order valence-electron chi connectivity index (χ2n) is 4.10. The Morgan fingerprint density at radius 3 is 2.93 bits per heavy atom. The van der Waals surface area contributed by atoms with Crippen LogP contribution in [0.3, 0.4) is 0 Å². The smallest absolute Gasteiger partial charge is 0.241 e. The summed E-state index contributed by atoms with van der Waals surface area (Å²) >= 11 is 2.61. The fraction of sp³-hybridized carbons (Fsp3) is 0.500. The minimum absolute atomic E-state index is 0.623. The Hall–Kier alpha value is -0.448. The summed E-state index contributed by atoms with van der Waals surface area (Å²) in [5, 5.41) is 0. The van der Waals surface area contributed by atoms with Crippen LogP contribution in [0.25, 0.3) is 0 Å². The van der Waals surface area contributed by atoms with Crippen LogP contribution in [-0.4, -0.2) is 16.3 Å². The van der Waals surface area contributed by atoms with Crippen molar-refractivity contribution >= 4 is 20.9 Å². The van der Waals surface area contributed by atoms with Crippen molar-refractivity contribution in [1.29, 1.82) is 0 Å². The van der Waals surface area contributed by atoms with Gasteiger partial charge in [-0.25, -0.2) is 0 Å². The Labute approximate surface area is 93.6 Å². The molecule has 2 rings (SSSR count). The van der Waals surface area contributed by atoms with Gasteiger partial charge in [-0.2, -0.15) is 0 Å². The molecule has 1 aliphatic carbocycles. The van der Waals surface area contributed by atoms with E-state index in [4.69, 9.17) is 4.42 Å². The van der Waals surface area contributed by atoms with E-state index in [1.165, 1.54) is 31.3 Å². The van der Waals surface area contributed by atoms with Crippen LogP contribution in [0.15, 0.2) is 28.2 Å².